The van der Waals surface area contributed by atoms with Crippen molar-refractivity contribution in [1.29, 1.82) is 0 Å². The number of carbonyl (C=O) groups is 1. The first-order valence-electron chi connectivity index (χ1n) is 8.66. The highest BCUT2D eigenvalue weighted by atomic mass is 19.1. The maximum atomic E-state index is 13.9. The van der Waals surface area contributed by atoms with Crippen LogP contribution in [0.1, 0.15) is 57.6 Å². The van der Waals surface area contributed by atoms with Crippen molar-refractivity contribution in [1.82, 2.24) is 10.6 Å². The molecule has 1 aromatic carbocycles. The fraction of sp³-hybridized carbons (Fsp3) is 0.632. The monoisotopic (exact) mass is 336 g/mol. The summed E-state index contributed by atoms with van der Waals surface area (Å²) < 4.78 is 19.2. The normalized spacial score (nSPS) is 16.9. The second-order valence-electron chi connectivity index (χ2n) is 7.79. The summed E-state index contributed by atoms with van der Waals surface area (Å²) in [4.78, 5) is 11.9. The first kappa shape index (κ1) is 18.7. The third-order valence-corrected chi connectivity index (χ3v) is 4.39. The highest BCUT2D eigenvalue weighted by Gasteiger charge is 2.34. The summed E-state index contributed by atoms with van der Waals surface area (Å²) in [7, 11) is 0. The molecule has 0 unspecified atom stereocenters. The van der Waals surface area contributed by atoms with Gasteiger partial charge in [-0.3, -0.25) is 0 Å². The van der Waals surface area contributed by atoms with Crippen molar-refractivity contribution < 1.29 is 13.9 Å². The number of benzene rings is 1. The van der Waals surface area contributed by atoms with Gasteiger partial charge in [-0.05, 0) is 46.6 Å². The molecule has 1 amide bonds. The Morgan fingerprint density at radius 3 is 2.58 bits per heavy atom. The molecule has 2 N–H and O–H groups in total. The molecule has 1 aromatic rings. The van der Waals surface area contributed by atoms with Crippen LogP contribution in [0.5, 0.6) is 0 Å². The van der Waals surface area contributed by atoms with Crippen molar-refractivity contribution >= 4 is 6.09 Å². The lowest BCUT2D eigenvalue weighted by Gasteiger charge is -2.31. The zero-order valence-corrected chi connectivity index (χ0v) is 15.2. The molecule has 5 heteroatoms. The molecule has 0 saturated heterocycles. The van der Waals surface area contributed by atoms with E-state index < -0.39 is 11.7 Å². The van der Waals surface area contributed by atoms with Crippen LogP contribution in [0.2, 0.25) is 0 Å². The molecule has 24 heavy (non-hydrogen) atoms. The summed E-state index contributed by atoms with van der Waals surface area (Å²) in [5.74, 6) is -0.193. The Labute approximate surface area is 144 Å². The van der Waals surface area contributed by atoms with Gasteiger partial charge >= 0.3 is 6.09 Å². The molecule has 1 fully saturated rings. The summed E-state index contributed by atoms with van der Waals surface area (Å²) in [6.07, 6.45) is 3.75. The van der Waals surface area contributed by atoms with E-state index in [1.807, 2.05) is 33.8 Å². The largest absolute Gasteiger partial charge is 0.444 e. The predicted octanol–water partition coefficient (Wildman–Crippen LogP) is 4.06. The Morgan fingerprint density at radius 1 is 1.29 bits per heavy atom. The van der Waals surface area contributed by atoms with E-state index in [9.17, 15) is 9.18 Å². The van der Waals surface area contributed by atoms with E-state index in [-0.39, 0.29) is 11.4 Å². The van der Waals surface area contributed by atoms with Crippen LogP contribution in [0.25, 0.3) is 0 Å². The number of aryl methyl sites for hydroxylation is 1. The molecule has 0 aromatic heterocycles. The summed E-state index contributed by atoms with van der Waals surface area (Å²) in [6.45, 7) is 8.45. The molecule has 0 heterocycles. The third kappa shape index (κ3) is 5.48. The summed E-state index contributed by atoms with van der Waals surface area (Å²) >= 11 is 0. The Morgan fingerprint density at radius 2 is 1.96 bits per heavy atom. The van der Waals surface area contributed by atoms with Crippen LogP contribution in [-0.4, -0.2) is 23.8 Å². The molecule has 0 aliphatic heterocycles. The van der Waals surface area contributed by atoms with Gasteiger partial charge in [0.05, 0.1) is 0 Å². The van der Waals surface area contributed by atoms with Gasteiger partial charge in [0.25, 0.3) is 0 Å². The van der Waals surface area contributed by atoms with Gasteiger partial charge < -0.3 is 15.4 Å². The smallest absolute Gasteiger partial charge is 0.407 e. The third-order valence-electron chi connectivity index (χ3n) is 4.39. The fourth-order valence-corrected chi connectivity index (χ4v) is 3.15. The number of alkyl carbamates (subject to hydrolysis) is 1. The summed E-state index contributed by atoms with van der Waals surface area (Å²) in [6, 6.07) is 5.15. The minimum atomic E-state index is -0.509. The van der Waals surface area contributed by atoms with Crippen LogP contribution in [0.3, 0.4) is 0 Å². The molecule has 0 spiro atoms. The van der Waals surface area contributed by atoms with E-state index >= 15 is 0 Å². The summed E-state index contributed by atoms with van der Waals surface area (Å²) in [5.41, 5.74) is 1.01. The average molecular weight is 336 g/mol. The van der Waals surface area contributed by atoms with Gasteiger partial charge in [0, 0.05) is 24.2 Å². The Bertz CT molecular complexity index is 575. The highest BCUT2D eigenvalue weighted by molar-refractivity contribution is 5.67. The fourth-order valence-electron chi connectivity index (χ4n) is 3.15. The number of hydrogen-bond acceptors (Lipinski definition) is 3. The van der Waals surface area contributed by atoms with Crippen LogP contribution in [0, 0.1) is 12.7 Å². The van der Waals surface area contributed by atoms with Crippen molar-refractivity contribution in [3.63, 3.8) is 0 Å². The second kappa shape index (κ2) is 7.51. The standard InChI is InChI=1S/C19H29FN2O2/c1-14-7-8-16(20)15(11-14)12-22-19(9-5-6-10-19)13-21-17(23)24-18(2,3)4/h7-8,11,22H,5-6,9-10,12-13H2,1-4H3,(H,21,23). The molecular weight excluding hydrogens is 307 g/mol. The zero-order chi connectivity index (χ0) is 17.8. The number of carbonyl (C=O) groups excluding carboxylic acids is 1. The molecule has 134 valence electrons. The molecule has 0 atom stereocenters. The van der Waals surface area contributed by atoms with Crippen LogP contribution >= 0.6 is 0 Å². The van der Waals surface area contributed by atoms with Crippen LogP contribution in [0.15, 0.2) is 18.2 Å². The average Bonchev–Trinajstić information content (AvgIpc) is 2.94. The van der Waals surface area contributed by atoms with E-state index in [1.165, 1.54) is 6.07 Å². The van der Waals surface area contributed by atoms with Gasteiger partial charge in [0.1, 0.15) is 11.4 Å². The number of ether oxygens (including phenoxy) is 1. The molecule has 4 nitrogen and oxygen atoms in total. The van der Waals surface area contributed by atoms with Crippen molar-refractivity contribution in [2.24, 2.45) is 0 Å². The van der Waals surface area contributed by atoms with Gasteiger partial charge in [-0.25, -0.2) is 9.18 Å². The predicted molar refractivity (Wildman–Crippen MR) is 93.4 cm³/mol. The maximum Gasteiger partial charge on any atom is 0.407 e. The lowest BCUT2D eigenvalue weighted by Crippen LogP contribution is -2.52. The van der Waals surface area contributed by atoms with Crippen molar-refractivity contribution in [2.45, 2.75) is 71.1 Å². The number of halogens is 1. The van der Waals surface area contributed by atoms with Crippen molar-refractivity contribution in [3.05, 3.63) is 35.1 Å². The van der Waals surface area contributed by atoms with E-state index in [0.29, 0.717) is 18.7 Å². The van der Waals surface area contributed by atoms with Gasteiger partial charge in [0.15, 0.2) is 0 Å². The van der Waals surface area contributed by atoms with Crippen LogP contribution in [0.4, 0.5) is 9.18 Å². The number of rotatable bonds is 5. The van der Waals surface area contributed by atoms with Gasteiger partial charge in [-0.1, -0.05) is 30.5 Å². The van der Waals surface area contributed by atoms with E-state index in [0.717, 1.165) is 31.2 Å². The summed E-state index contributed by atoms with van der Waals surface area (Å²) in [5, 5.41) is 6.35. The Hall–Kier alpha value is -1.62. The lowest BCUT2D eigenvalue weighted by molar-refractivity contribution is 0.0509. The Balaban J connectivity index is 1.95. The molecule has 2 rings (SSSR count). The van der Waals surface area contributed by atoms with E-state index in [1.54, 1.807) is 6.07 Å². The van der Waals surface area contributed by atoms with Crippen molar-refractivity contribution in [2.75, 3.05) is 6.54 Å². The van der Waals surface area contributed by atoms with Gasteiger partial charge in [0.2, 0.25) is 0 Å². The number of nitrogens with one attached hydrogen (secondary N) is 2. The molecule has 0 bridgehead atoms. The molecule has 1 aliphatic rings. The van der Waals surface area contributed by atoms with Crippen molar-refractivity contribution in [3.8, 4) is 0 Å². The van der Waals surface area contributed by atoms with E-state index in [4.69, 9.17) is 4.74 Å². The number of hydrogen-bond donors (Lipinski definition) is 2. The van der Waals surface area contributed by atoms with Crippen LogP contribution in [-0.2, 0) is 11.3 Å². The minimum absolute atomic E-state index is 0.187. The number of amides is 1. The van der Waals surface area contributed by atoms with Crippen LogP contribution < -0.4 is 10.6 Å². The van der Waals surface area contributed by atoms with Gasteiger partial charge in [-0.2, -0.15) is 0 Å². The molecular formula is C19H29FN2O2. The minimum Gasteiger partial charge on any atom is -0.444 e. The second-order valence-corrected chi connectivity index (χ2v) is 7.79. The molecule has 1 aliphatic carbocycles. The highest BCUT2D eigenvalue weighted by Crippen LogP contribution is 2.30. The first-order chi connectivity index (χ1) is 11.2. The maximum absolute atomic E-state index is 13.9. The first-order valence-corrected chi connectivity index (χ1v) is 8.66. The lowest BCUT2D eigenvalue weighted by atomic mass is 9.96. The van der Waals surface area contributed by atoms with Gasteiger partial charge in [-0.15, -0.1) is 0 Å². The SMILES string of the molecule is Cc1ccc(F)c(CNC2(CNC(=O)OC(C)(C)C)CCCC2)c1. The molecule has 1 saturated carbocycles. The quantitative estimate of drug-likeness (QED) is 0.852. The topological polar surface area (TPSA) is 50.4 Å². The molecule has 0 radical (unpaired) electrons. The zero-order valence-electron chi connectivity index (χ0n) is 15.2. The van der Waals surface area contributed by atoms with E-state index in [2.05, 4.69) is 10.6 Å². The Kier molecular flexibility index (Phi) is 5.86.